The van der Waals surface area contributed by atoms with Gasteiger partial charge < -0.3 is 4.90 Å². The smallest absolute Gasteiger partial charge is 0.270 e. The van der Waals surface area contributed by atoms with E-state index in [0.29, 0.717) is 16.0 Å². The molecule has 0 aliphatic rings. The molecule has 0 aliphatic heterocycles. The Kier molecular flexibility index (Phi) is 6.80. The quantitative estimate of drug-likeness (QED) is 0.624. The molecule has 2 N–H and O–H groups in total. The molecule has 3 amide bonds. The van der Waals surface area contributed by atoms with Crippen LogP contribution in [0.3, 0.4) is 0 Å². The summed E-state index contributed by atoms with van der Waals surface area (Å²) in [6, 6.07) is 14.1. The van der Waals surface area contributed by atoms with E-state index in [4.69, 9.17) is 0 Å². The van der Waals surface area contributed by atoms with E-state index in [9.17, 15) is 14.4 Å². The maximum absolute atomic E-state index is 12.4. The van der Waals surface area contributed by atoms with Gasteiger partial charge in [0.25, 0.3) is 11.8 Å². The predicted octanol–water partition coefficient (Wildman–Crippen LogP) is 2.25. The number of amides is 3. The predicted molar refractivity (Wildman–Crippen MR) is 102 cm³/mol. The van der Waals surface area contributed by atoms with Crippen LogP contribution in [0.2, 0.25) is 0 Å². The first kappa shape index (κ1) is 19.5. The van der Waals surface area contributed by atoms with Crippen LogP contribution in [0.1, 0.15) is 26.3 Å². The van der Waals surface area contributed by atoms with Crippen molar-refractivity contribution in [1.82, 2.24) is 15.8 Å². The molecule has 0 radical (unpaired) electrons. The molecule has 0 saturated heterocycles. The number of nitrogens with zero attached hydrogens (tertiary/aromatic N) is 1. The van der Waals surface area contributed by atoms with E-state index in [0.717, 1.165) is 5.56 Å². The molecule has 0 spiro atoms. The Hall–Kier alpha value is -2.80. The normalized spacial score (nSPS) is 10.1. The van der Waals surface area contributed by atoms with Crippen LogP contribution in [0, 0.1) is 6.92 Å². The van der Waals surface area contributed by atoms with Crippen molar-refractivity contribution < 1.29 is 14.4 Å². The van der Waals surface area contributed by atoms with Crippen LogP contribution in [-0.2, 0) is 4.79 Å². The molecule has 7 heteroatoms. The van der Waals surface area contributed by atoms with Gasteiger partial charge in [-0.3, -0.25) is 25.2 Å². The molecule has 0 unspecified atom stereocenters. The maximum Gasteiger partial charge on any atom is 0.270 e. The van der Waals surface area contributed by atoms with Gasteiger partial charge in [-0.2, -0.15) is 0 Å². The number of rotatable bonds is 5. The first-order valence-electron chi connectivity index (χ1n) is 7.98. The van der Waals surface area contributed by atoms with E-state index in [1.165, 1.54) is 16.7 Å². The van der Waals surface area contributed by atoms with Gasteiger partial charge in [-0.25, -0.2) is 0 Å². The number of aryl methyl sites for hydroxylation is 1. The molecule has 6 nitrogen and oxygen atoms in total. The molecule has 2 aromatic carbocycles. The fourth-order valence-corrected chi connectivity index (χ4v) is 3.15. The molecule has 0 saturated carbocycles. The van der Waals surface area contributed by atoms with Crippen LogP contribution in [0.5, 0.6) is 0 Å². The summed E-state index contributed by atoms with van der Waals surface area (Å²) in [4.78, 5) is 38.5. The van der Waals surface area contributed by atoms with Gasteiger partial charge in [-0.15, -0.1) is 11.8 Å². The van der Waals surface area contributed by atoms with Crippen molar-refractivity contribution in [1.29, 1.82) is 0 Å². The third-order valence-corrected chi connectivity index (χ3v) is 4.72. The zero-order chi connectivity index (χ0) is 19.1. The van der Waals surface area contributed by atoms with Crippen molar-refractivity contribution in [2.45, 2.75) is 11.8 Å². The van der Waals surface area contributed by atoms with E-state index in [-0.39, 0.29) is 17.6 Å². The number of carbonyl (C=O) groups is 3. The number of thioether (sulfide) groups is 1. The maximum atomic E-state index is 12.4. The summed E-state index contributed by atoms with van der Waals surface area (Å²) >= 11 is 1.28. The number of hydrogen-bond acceptors (Lipinski definition) is 4. The van der Waals surface area contributed by atoms with E-state index in [1.807, 2.05) is 19.1 Å². The summed E-state index contributed by atoms with van der Waals surface area (Å²) < 4.78 is 0. The third kappa shape index (κ3) is 5.10. The lowest BCUT2D eigenvalue weighted by molar-refractivity contribution is -0.125. The van der Waals surface area contributed by atoms with Gasteiger partial charge >= 0.3 is 0 Å². The third-order valence-electron chi connectivity index (χ3n) is 3.66. The Labute approximate surface area is 156 Å². The van der Waals surface area contributed by atoms with Gasteiger partial charge in [0.2, 0.25) is 5.91 Å². The Bertz CT molecular complexity index is 821. The summed E-state index contributed by atoms with van der Waals surface area (Å²) in [5, 5.41) is 0. The fraction of sp³-hybridized carbons (Fsp3) is 0.211. The van der Waals surface area contributed by atoms with Crippen molar-refractivity contribution in [2.75, 3.05) is 19.8 Å². The second-order valence-electron chi connectivity index (χ2n) is 5.80. The standard InChI is InChI=1S/C19H21N3O3S/c1-13-8-4-5-9-14(13)18(24)20-21-19(25)15-10-6-7-11-16(15)26-12-17(23)22(2)3/h4-11H,12H2,1-3H3,(H,20,24)(H,21,25). The summed E-state index contributed by atoms with van der Waals surface area (Å²) in [5.74, 6) is -0.637. The average molecular weight is 371 g/mol. The second-order valence-corrected chi connectivity index (χ2v) is 6.81. The van der Waals surface area contributed by atoms with Gasteiger partial charge in [0.15, 0.2) is 0 Å². The van der Waals surface area contributed by atoms with Crippen LogP contribution in [0.25, 0.3) is 0 Å². The number of hydrogen-bond donors (Lipinski definition) is 2. The summed E-state index contributed by atoms with van der Waals surface area (Å²) in [5.41, 5.74) is 6.56. The lowest BCUT2D eigenvalue weighted by Crippen LogP contribution is -2.42. The van der Waals surface area contributed by atoms with Crippen molar-refractivity contribution in [3.05, 3.63) is 65.2 Å². The monoisotopic (exact) mass is 371 g/mol. The van der Waals surface area contributed by atoms with E-state index < -0.39 is 5.91 Å². The topological polar surface area (TPSA) is 78.5 Å². The molecule has 0 bridgehead atoms. The van der Waals surface area contributed by atoms with Gasteiger partial charge in [0.05, 0.1) is 11.3 Å². The highest BCUT2D eigenvalue weighted by Gasteiger charge is 2.15. The van der Waals surface area contributed by atoms with Gasteiger partial charge in [-0.05, 0) is 30.7 Å². The van der Waals surface area contributed by atoms with E-state index >= 15 is 0 Å². The number of nitrogens with one attached hydrogen (secondary N) is 2. The second kappa shape index (κ2) is 9.05. The average Bonchev–Trinajstić information content (AvgIpc) is 2.64. The van der Waals surface area contributed by atoms with E-state index in [1.54, 1.807) is 50.5 Å². The molecule has 2 aromatic rings. The highest BCUT2D eigenvalue weighted by atomic mass is 32.2. The summed E-state index contributed by atoms with van der Waals surface area (Å²) in [7, 11) is 3.37. The van der Waals surface area contributed by atoms with Crippen molar-refractivity contribution >= 4 is 29.5 Å². The molecular weight excluding hydrogens is 350 g/mol. The van der Waals surface area contributed by atoms with Crippen LogP contribution >= 0.6 is 11.8 Å². The fourth-order valence-electron chi connectivity index (χ4n) is 2.12. The highest BCUT2D eigenvalue weighted by molar-refractivity contribution is 8.00. The highest BCUT2D eigenvalue weighted by Crippen LogP contribution is 2.22. The molecule has 0 aliphatic carbocycles. The number of carbonyl (C=O) groups excluding carboxylic acids is 3. The molecule has 26 heavy (non-hydrogen) atoms. The van der Waals surface area contributed by atoms with Gasteiger partial charge in [0, 0.05) is 24.6 Å². The molecular formula is C19H21N3O3S. The molecule has 0 aromatic heterocycles. The SMILES string of the molecule is Cc1ccccc1C(=O)NNC(=O)c1ccccc1SCC(=O)N(C)C. The Balaban J connectivity index is 2.02. The van der Waals surface area contributed by atoms with Gasteiger partial charge in [0.1, 0.15) is 0 Å². The number of hydrazine groups is 1. The molecule has 136 valence electrons. The minimum Gasteiger partial charge on any atom is -0.348 e. The van der Waals surface area contributed by atoms with Crippen molar-refractivity contribution in [3.8, 4) is 0 Å². The van der Waals surface area contributed by atoms with E-state index in [2.05, 4.69) is 10.9 Å². The molecule has 2 rings (SSSR count). The minimum atomic E-state index is -0.438. The Morgan fingerprint density at radius 3 is 2.04 bits per heavy atom. The lowest BCUT2D eigenvalue weighted by Gasteiger charge is -2.13. The first-order chi connectivity index (χ1) is 12.4. The van der Waals surface area contributed by atoms with Crippen molar-refractivity contribution in [2.24, 2.45) is 0 Å². The Morgan fingerprint density at radius 1 is 0.885 bits per heavy atom. The molecule has 0 atom stereocenters. The van der Waals surface area contributed by atoms with Crippen LogP contribution < -0.4 is 10.9 Å². The molecule has 0 heterocycles. The summed E-state index contributed by atoms with van der Waals surface area (Å²) in [6.45, 7) is 1.82. The van der Waals surface area contributed by atoms with Gasteiger partial charge in [-0.1, -0.05) is 30.3 Å². The lowest BCUT2D eigenvalue weighted by atomic mass is 10.1. The first-order valence-corrected chi connectivity index (χ1v) is 8.97. The summed E-state index contributed by atoms with van der Waals surface area (Å²) in [6.07, 6.45) is 0. The van der Waals surface area contributed by atoms with Crippen LogP contribution in [0.4, 0.5) is 0 Å². The largest absolute Gasteiger partial charge is 0.348 e. The Morgan fingerprint density at radius 2 is 1.42 bits per heavy atom. The van der Waals surface area contributed by atoms with Crippen LogP contribution in [0.15, 0.2) is 53.4 Å². The zero-order valence-corrected chi connectivity index (χ0v) is 15.7. The zero-order valence-electron chi connectivity index (χ0n) is 14.9. The van der Waals surface area contributed by atoms with Crippen molar-refractivity contribution in [3.63, 3.8) is 0 Å². The number of benzene rings is 2. The van der Waals surface area contributed by atoms with Crippen LogP contribution in [-0.4, -0.2) is 42.5 Å². The molecule has 0 fully saturated rings. The minimum absolute atomic E-state index is 0.0435.